The Kier molecular flexibility index (Phi) is 4.65. The smallest absolute Gasteiger partial charge is 0.251 e. The molecule has 2 heterocycles. The number of hydrogen-bond acceptors (Lipinski definition) is 4. The lowest BCUT2D eigenvalue weighted by Crippen LogP contribution is -2.25. The third kappa shape index (κ3) is 3.61. The molecule has 112 valence electrons. The molecule has 22 heavy (non-hydrogen) atoms. The Bertz CT molecular complexity index is 769. The number of benzene rings is 1. The van der Waals surface area contributed by atoms with Crippen LogP contribution in [-0.2, 0) is 6.42 Å². The zero-order valence-electron chi connectivity index (χ0n) is 11.6. The summed E-state index contributed by atoms with van der Waals surface area (Å²) in [5, 5.41) is 9.87. The fraction of sp³-hybridized carbons (Fsp3) is 0.133. The van der Waals surface area contributed by atoms with E-state index in [9.17, 15) is 4.79 Å². The second-order valence-corrected chi connectivity index (χ2v) is 6.34. The Hall–Kier alpha value is -1.99. The molecule has 0 aliphatic rings. The number of amides is 1. The molecule has 7 heteroatoms. The maximum Gasteiger partial charge on any atom is 0.251 e. The summed E-state index contributed by atoms with van der Waals surface area (Å²) >= 11 is 4.89. The molecule has 0 saturated carbocycles. The van der Waals surface area contributed by atoms with Crippen molar-refractivity contribution >= 4 is 33.2 Å². The third-order valence-electron chi connectivity index (χ3n) is 2.99. The van der Waals surface area contributed by atoms with Crippen LogP contribution in [0, 0.1) is 0 Å². The highest BCUT2D eigenvalue weighted by Gasteiger charge is 2.07. The maximum absolute atomic E-state index is 12.0. The van der Waals surface area contributed by atoms with Gasteiger partial charge in [-0.1, -0.05) is 22.0 Å². The summed E-state index contributed by atoms with van der Waals surface area (Å²) in [5.41, 5.74) is 1.59. The van der Waals surface area contributed by atoms with Crippen molar-refractivity contribution in [3.8, 4) is 5.13 Å². The molecule has 0 spiro atoms. The van der Waals surface area contributed by atoms with Crippen LogP contribution in [0.2, 0.25) is 0 Å². The molecule has 0 aliphatic heterocycles. The van der Waals surface area contributed by atoms with E-state index in [1.807, 2.05) is 29.8 Å². The van der Waals surface area contributed by atoms with Crippen LogP contribution in [0.15, 0.2) is 52.6 Å². The Morgan fingerprint density at radius 3 is 3.05 bits per heavy atom. The van der Waals surface area contributed by atoms with Crippen LogP contribution in [0.5, 0.6) is 0 Å². The van der Waals surface area contributed by atoms with Gasteiger partial charge in [0.2, 0.25) is 5.13 Å². The first-order valence-corrected chi connectivity index (χ1v) is 8.38. The molecule has 3 aromatic rings. The molecule has 5 nitrogen and oxygen atoms in total. The number of nitrogens with one attached hydrogen (secondary N) is 1. The van der Waals surface area contributed by atoms with Crippen molar-refractivity contribution in [2.24, 2.45) is 0 Å². The van der Waals surface area contributed by atoms with Gasteiger partial charge in [0.25, 0.3) is 5.91 Å². The lowest BCUT2D eigenvalue weighted by atomic mass is 10.2. The normalized spacial score (nSPS) is 10.6. The summed E-state index contributed by atoms with van der Waals surface area (Å²) in [6.45, 7) is 0.549. The highest BCUT2D eigenvalue weighted by Crippen LogP contribution is 2.14. The van der Waals surface area contributed by atoms with Crippen LogP contribution in [0.25, 0.3) is 5.13 Å². The van der Waals surface area contributed by atoms with Crippen molar-refractivity contribution in [1.82, 2.24) is 20.1 Å². The molecular weight excluding hydrogens is 364 g/mol. The van der Waals surface area contributed by atoms with Crippen LogP contribution < -0.4 is 5.32 Å². The van der Waals surface area contributed by atoms with E-state index in [-0.39, 0.29) is 5.91 Å². The van der Waals surface area contributed by atoms with Crippen molar-refractivity contribution < 1.29 is 4.79 Å². The second kappa shape index (κ2) is 6.85. The average molecular weight is 377 g/mol. The number of aromatic nitrogens is 3. The minimum Gasteiger partial charge on any atom is -0.352 e. The first-order chi connectivity index (χ1) is 10.7. The van der Waals surface area contributed by atoms with Gasteiger partial charge >= 0.3 is 0 Å². The molecular formula is C15H13BrN4OS. The van der Waals surface area contributed by atoms with E-state index in [1.165, 1.54) is 11.3 Å². The summed E-state index contributed by atoms with van der Waals surface area (Å²) in [5.74, 6) is -0.0798. The second-order valence-electron chi connectivity index (χ2n) is 4.59. The first-order valence-electron chi connectivity index (χ1n) is 6.70. The van der Waals surface area contributed by atoms with E-state index in [0.717, 1.165) is 15.3 Å². The van der Waals surface area contributed by atoms with Crippen molar-refractivity contribution in [2.45, 2.75) is 6.42 Å². The van der Waals surface area contributed by atoms with E-state index >= 15 is 0 Å². The quantitative estimate of drug-likeness (QED) is 0.744. The Labute approximate surface area is 140 Å². The van der Waals surface area contributed by atoms with Gasteiger partial charge in [0.05, 0.1) is 5.69 Å². The predicted octanol–water partition coefficient (Wildman–Crippen LogP) is 3.06. The minimum absolute atomic E-state index is 0.0798. The van der Waals surface area contributed by atoms with Gasteiger partial charge in [-0.05, 0) is 24.3 Å². The van der Waals surface area contributed by atoms with Crippen LogP contribution in [0.3, 0.4) is 0 Å². The molecule has 2 aromatic heterocycles. The molecule has 0 radical (unpaired) electrons. The average Bonchev–Trinajstić information content (AvgIpc) is 3.18. The third-order valence-corrected chi connectivity index (χ3v) is 4.37. The molecule has 0 atom stereocenters. The van der Waals surface area contributed by atoms with Crippen molar-refractivity contribution in [3.63, 3.8) is 0 Å². The molecule has 0 bridgehead atoms. The highest BCUT2D eigenvalue weighted by atomic mass is 79.9. The highest BCUT2D eigenvalue weighted by molar-refractivity contribution is 9.10. The van der Waals surface area contributed by atoms with Gasteiger partial charge in [0.1, 0.15) is 0 Å². The standard InChI is InChI=1S/C15H13BrN4OS/c16-12-4-1-3-11(9-12)14(21)17-7-5-13-10-22-15(19-13)20-8-2-6-18-20/h1-4,6,8-10H,5,7H2,(H,17,21). The number of halogens is 1. The molecule has 1 aromatic carbocycles. The van der Waals surface area contributed by atoms with Gasteiger partial charge in [-0.25, -0.2) is 9.67 Å². The molecule has 3 rings (SSSR count). The Balaban J connectivity index is 1.54. The number of rotatable bonds is 5. The number of carbonyl (C=O) groups is 1. The predicted molar refractivity (Wildman–Crippen MR) is 89.4 cm³/mol. The molecule has 0 saturated heterocycles. The first kappa shape index (κ1) is 14.9. The van der Waals surface area contributed by atoms with E-state index in [1.54, 1.807) is 23.0 Å². The summed E-state index contributed by atoms with van der Waals surface area (Å²) < 4.78 is 2.62. The van der Waals surface area contributed by atoms with Gasteiger partial charge < -0.3 is 5.32 Å². The summed E-state index contributed by atoms with van der Waals surface area (Å²) in [6, 6.07) is 9.19. The van der Waals surface area contributed by atoms with Gasteiger partial charge in [-0.2, -0.15) is 5.10 Å². The molecule has 1 N–H and O–H groups in total. The molecule has 0 aliphatic carbocycles. The van der Waals surface area contributed by atoms with Gasteiger partial charge in [0, 0.05) is 40.8 Å². The minimum atomic E-state index is -0.0798. The van der Waals surface area contributed by atoms with E-state index < -0.39 is 0 Å². The maximum atomic E-state index is 12.0. The number of nitrogens with zero attached hydrogens (tertiary/aromatic N) is 3. The Morgan fingerprint density at radius 1 is 1.36 bits per heavy atom. The van der Waals surface area contributed by atoms with Gasteiger partial charge in [0.15, 0.2) is 0 Å². The topological polar surface area (TPSA) is 59.8 Å². The van der Waals surface area contributed by atoms with Crippen molar-refractivity contribution in [3.05, 3.63) is 63.8 Å². The van der Waals surface area contributed by atoms with Gasteiger partial charge in [-0.3, -0.25) is 4.79 Å². The van der Waals surface area contributed by atoms with Crippen molar-refractivity contribution in [2.75, 3.05) is 6.54 Å². The number of carbonyl (C=O) groups excluding carboxylic acids is 1. The summed E-state index contributed by atoms with van der Waals surface area (Å²) in [4.78, 5) is 16.5. The zero-order chi connectivity index (χ0) is 15.4. The fourth-order valence-electron chi connectivity index (χ4n) is 1.93. The van der Waals surface area contributed by atoms with E-state index in [4.69, 9.17) is 0 Å². The van der Waals surface area contributed by atoms with Crippen molar-refractivity contribution in [1.29, 1.82) is 0 Å². The lowest BCUT2D eigenvalue weighted by molar-refractivity contribution is 0.0954. The molecule has 0 unspecified atom stereocenters. The lowest BCUT2D eigenvalue weighted by Gasteiger charge is -2.04. The molecule has 1 amide bonds. The summed E-state index contributed by atoms with van der Waals surface area (Å²) in [7, 11) is 0. The van der Waals surface area contributed by atoms with Crippen LogP contribution in [-0.4, -0.2) is 27.2 Å². The zero-order valence-corrected chi connectivity index (χ0v) is 14.0. The van der Waals surface area contributed by atoms with Crippen LogP contribution in [0.1, 0.15) is 16.1 Å². The molecule has 0 fully saturated rings. The largest absolute Gasteiger partial charge is 0.352 e. The summed E-state index contributed by atoms with van der Waals surface area (Å²) in [6.07, 6.45) is 4.27. The SMILES string of the molecule is O=C(NCCc1csc(-n2cccn2)n1)c1cccc(Br)c1. The Morgan fingerprint density at radius 2 is 2.27 bits per heavy atom. The van der Waals surface area contributed by atoms with Gasteiger partial charge in [-0.15, -0.1) is 11.3 Å². The van der Waals surface area contributed by atoms with Crippen LogP contribution >= 0.6 is 27.3 Å². The number of thiazole rings is 1. The number of hydrogen-bond donors (Lipinski definition) is 1. The fourth-order valence-corrected chi connectivity index (χ4v) is 3.13. The van der Waals surface area contributed by atoms with Crippen LogP contribution in [0.4, 0.5) is 0 Å². The monoisotopic (exact) mass is 376 g/mol. The van der Waals surface area contributed by atoms with E-state index in [2.05, 4.69) is 31.3 Å². The van der Waals surface area contributed by atoms with E-state index in [0.29, 0.717) is 18.5 Å².